The maximum Gasteiger partial charge on any atom is 0.338 e. The molecule has 0 saturated carbocycles. The third kappa shape index (κ3) is 4.18. The third-order valence-corrected chi connectivity index (χ3v) is 2.94. The van der Waals surface area contributed by atoms with Gasteiger partial charge in [0.25, 0.3) is 5.56 Å². The van der Waals surface area contributed by atoms with E-state index in [1.807, 2.05) is 6.92 Å². The summed E-state index contributed by atoms with van der Waals surface area (Å²) in [6, 6.07) is 8.35. The summed E-state index contributed by atoms with van der Waals surface area (Å²) in [6.45, 7) is 4.11. The lowest BCUT2D eigenvalue weighted by atomic mass is 10.2. The molecule has 0 aliphatic carbocycles. The number of hydrogen-bond acceptors (Lipinski definition) is 5. The van der Waals surface area contributed by atoms with Crippen molar-refractivity contribution in [2.24, 2.45) is 0 Å². The van der Waals surface area contributed by atoms with E-state index in [9.17, 15) is 9.59 Å². The zero-order valence-corrected chi connectivity index (χ0v) is 12.7. The number of H-pyrrole nitrogens is 1. The highest BCUT2D eigenvalue weighted by Gasteiger charge is 2.07. The minimum absolute atomic E-state index is 0.206. The number of carbonyl (C=O) groups is 1. The van der Waals surface area contributed by atoms with Crippen LogP contribution >= 0.6 is 0 Å². The highest BCUT2D eigenvalue weighted by Crippen LogP contribution is 2.15. The van der Waals surface area contributed by atoms with Crippen molar-refractivity contribution >= 4 is 17.6 Å². The molecule has 0 saturated heterocycles. The molecule has 0 bridgehead atoms. The Labute approximate surface area is 128 Å². The van der Waals surface area contributed by atoms with Crippen molar-refractivity contribution in [2.75, 3.05) is 11.9 Å². The molecule has 0 spiro atoms. The van der Waals surface area contributed by atoms with Gasteiger partial charge in [0.1, 0.15) is 0 Å². The number of aromatic nitrogens is 2. The maximum absolute atomic E-state index is 11.7. The van der Waals surface area contributed by atoms with Crippen molar-refractivity contribution in [1.29, 1.82) is 0 Å². The number of nitrogens with zero attached hydrogens (tertiary/aromatic N) is 1. The van der Waals surface area contributed by atoms with Crippen molar-refractivity contribution in [3.8, 4) is 0 Å². The number of hydrogen-bond donors (Lipinski definition) is 2. The molecule has 116 valence electrons. The Morgan fingerprint density at radius 2 is 2.14 bits per heavy atom. The molecule has 0 radical (unpaired) electrons. The quantitative estimate of drug-likeness (QED) is 0.801. The van der Waals surface area contributed by atoms with Gasteiger partial charge in [-0.25, -0.2) is 9.78 Å². The molecule has 0 aliphatic rings. The van der Waals surface area contributed by atoms with Gasteiger partial charge in [0.05, 0.1) is 12.2 Å². The predicted molar refractivity (Wildman–Crippen MR) is 84.5 cm³/mol. The minimum atomic E-state index is -0.382. The molecule has 1 heterocycles. The number of aryl methyl sites for hydroxylation is 1. The number of anilines is 2. The van der Waals surface area contributed by atoms with Crippen LogP contribution in [-0.2, 0) is 11.2 Å². The third-order valence-electron chi connectivity index (χ3n) is 2.94. The second-order valence-corrected chi connectivity index (χ2v) is 4.76. The number of benzene rings is 1. The molecule has 2 N–H and O–H groups in total. The van der Waals surface area contributed by atoms with Crippen LogP contribution in [0.3, 0.4) is 0 Å². The average molecular weight is 301 g/mol. The van der Waals surface area contributed by atoms with Crippen LogP contribution in [0.2, 0.25) is 0 Å². The van der Waals surface area contributed by atoms with Gasteiger partial charge in [0, 0.05) is 17.4 Å². The van der Waals surface area contributed by atoms with Crippen LogP contribution in [-0.4, -0.2) is 22.5 Å². The molecule has 6 nitrogen and oxygen atoms in total. The first kappa shape index (κ1) is 15.8. The second-order valence-electron chi connectivity index (χ2n) is 4.76. The van der Waals surface area contributed by atoms with E-state index in [0.717, 1.165) is 18.5 Å². The van der Waals surface area contributed by atoms with Crippen LogP contribution in [0, 0.1) is 0 Å². The number of esters is 1. The van der Waals surface area contributed by atoms with E-state index < -0.39 is 0 Å². The van der Waals surface area contributed by atoms with E-state index in [2.05, 4.69) is 15.3 Å². The summed E-state index contributed by atoms with van der Waals surface area (Å²) in [5.74, 6) is -0.0238. The number of carbonyl (C=O) groups excluding carboxylic acids is 1. The van der Waals surface area contributed by atoms with Crippen molar-refractivity contribution < 1.29 is 9.53 Å². The van der Waals surface area contributed by atoms with E-state index in [0.29, 0.717) is 23.8 Å². The van der Waals surface area contributed by atoms with Crippen molar-refractivity contribution in [3.63, 3.8) is 0 Å². The lowest BCUT2D eigenvalue weighted by Gasteiger charge is -2.08. The van der Waals surface area contributed by atoms with Gasteiger partial charge >= 0.3 is 5.97 Å². The molecule has 6 heteroatoms. The normalized spacial score (nSPS) is 10.3. The van der Waals surface area contributed by atoms with Crippen LogP contribution in [0.4, 0.5) is 11.6 Å². The lowest BCUT2D eigenvalue weighted by molar-refractivity contribution is 0.0526. The van der Waals surface area contributed by atoms with E-state index in [4.69, 9.17) is 4.74 Å². The van der Waals surface area contributed by atoms with Gasteiger partial charge in [-0.3, -0.25) is 9.78 Å². The summed E-state index contributed by atoms with van der Waals surface area (Å²) >= 11 is 0. The Hall–Kier alpha value is -2.63. The predicted octanol–water partition coefficient (Wildman–Crippen LogP) is 2.64. The summed E-state index contributed by atoms with van der Waals surface area (Å²) in [4.78, 5) is 30.3. The first-order valence-electron chi connectivity index (χ1n) is 7.26. The first-order chi connectivity index (χ1) is 10.6. The molecule has 0 unspecified atom stereocenters. The Bertz CT molecular complexity index is 710. The standard InChI is InChI=1S/C16H19N3O3/c1-3-6-12-10-14(20)19-16(17-12)18-13-8-5-7-11(9-13)15(21)22-4-2/h5,7-10H,3-4,6H2,1-2H3,(H2,17,18,19,20). The number of aromatic amines is 1. The minimum Gasteiger partial charge on any atom is -0.462 e. The van der Waals surface area contributed by atoms with E-state index >= 15 is 0 Å². The largest absolute Gasteiger partial charge is 0.462 e. The fourth-order valence-electron chi connectivity index (χ4n) is 2.03. The number of ether oxygens (including phenoxy) is 1. The summed E-state index contributed by atoms with van der Waals surface area (Å²) in [7, 11) is 0. The first-order valence-corrected chi connectivity index (χ1v) is 7.26. The molecule has 0 amide bonds. The highest BCUT2D eigenvalue weighted by atomic mass is 16.5. The summed E-state index contributed by atoms with van der Waals surface area (Å²) in [5.41, 5.74) is 1.62. The molecule has 2 aromatic rings. The van der Waals surface area contributed by atoms with Crippen LogP contribution in [0.15, 0.2) is 35.1 Å². The molecule has 22 heavy (non-hydrogen) atoms. The van der Waals surface area contributed by atoms with Gasteiger partial charge in [0.2, 0.25) is 5.95 Å². The zero-order chi connectivity index (χ0) is 15.9. The molecule has 0 aliphatic heterocycles. The van der Waals surface area contributed by atoms with Gasteiger partial charge in [-0.1, -0.05) is 19.4 Å². The maximum atomic E-state index is 11.7. The fraction of sp³-hybridized carbons (Fsp3) is 0.312. The molecule has 2 rings (SSSR count). The van der Waals surface area contributed by atoms with Crippen LogP contribution in [0.1, 0.15) is 36.3 Å². The topological polar surface area (TPSA) is 84.1 Å². The molecule has 0 atom stereocenters. The molecule has 0 fully saturated rings. The van der Waals surface area contributed by atoms with E-state index in [1.54, 1.807) is 31.2 Å². The van der Waals surface area contributed by atoms with Crippen LogP contribution in [0.5, 0.6) is 0 Å². The molecule has 1 aromatic carbocycles. The second kappa shape index (κ2) is 7.40. The van der Waals surface area contributed by atoms with Crippen LogP contribution in [0.25, 0.3) is 0 Å². The summed E-state index contributed by atoms with van der Waals surface area (Å²) in [5, 5.41) is 3.01. The van der Waals surface area contributed by atoms with Gasteiger partial charge < -0.3 is 10.1 Å². The SMILES string of the molecule is CCCc1cc(=O)[nH]c(Nc2cccc(C(=O)OCC)c2)n1. The number of nitrogens with one attached hydrogen (secondary N) is 2. The van der Waals surface area contributed by atoms with Crippen molar-refractivity contribution in [2.45, 2.75) is 26.7 Å². The lowest BCUT2D eigenvalue weighted by Crippen LogP contribution is -2.12. The van der Waals surface area contributed by atoms with Gasteiger partial charge in [-0.2, -0.15) is 0 Å². The average Bonchev–Trinajstić information content (AvgIpc) is 2.47. The Morgan fingerprint density at radius 3 is 2.86 bits per heavy atom. The monoisotopic (exact) mass is 301 g/mol. The van der Waals surface area contributed by atoms with E-state index in [1.165, 1.54) is 6.07 Å². The molecule has 1 aromatic heterocycles. The Balaban J connectivity index is 2.22. The van der Waals surface area contributed by atoms with E-state index in [-0.39, 0.29) is 11.5 Å². The van der Waals surface area contributed by atoms with Gasteiger partial charge in [0.15, 0.2) is 0 Å². The highest BCUT2D eigenvalue weighted by molar-refractivity contribution is 5.90. The Kier molecular flexibility index (Phi) is 5.30. The van der Waals surface area contributed by atoms with Crippen molar-refractivity contribution in [1.82, 2.24) is 9.97 Å². The Morgan fingerprint density at radius 1 is 1.32 bits per heavy atom. The van der Waals surface area contributed by atoms with Crippen molar-refractivity contribution in [3.05, 3.63) is 51.9 Å². The fourth-order valence-corrected chi connectivity index (χ4v) is 2.03. The van der Waals surface area contributed by atoms with Crippen LogP contribution < -0.4 is 10.9 Å². The zero-order valence-electron chi connectivity index (χ0n) is 12.7. The smallest absolute Gasteiger partial charge is 0.338 e. The molecular formula is C16H19N3O3. The number of rotatable bonds is 6. The summed E-state index contributed by atoms with van der Waals surface area (Å²) in [6.07, 6.45) is 1.65. The molecular weight excluding hydrogens is 282 g/mol. The van der Waals surface area contributed by atoms with Gasteiger partial charge in [-0.15, -0.1) is 0 Å². The van der Waals surface area contributed by atoms with Gasteiger partial charge in [-0.05, 0) is 31.5 Å². The summed E-state index contributed by atoms with van der Waals surface area (Å²) < 4.78 is 4.96.